The first-order chi connectivity index (χ1) is 9.49. The highest BCUT2D eigenvalue weighted by molar-refractivity contribution is 5.91. The van der Waals surface area contributed by atoms with Crippen molar-refractivity contribution in [1.29, 1.82) is 0 Å². The highest BCUT2D eigenvalue weighted by atomic mass is 19.1. The number of hydrogen-bond donors (Lipinski definition) is 1. The molecule has 0 spiro atoms. The van der Waals surface area contributed by atoms with E-state index in [1.807, 2.05) is 0 Å². The van der Waals surface area contributed by atoms with Crippen LogP contribution in [-0.4, -0.2) is 36.1 Å². The summed E-state index contributed by atoms with van der Waals surface area (Å²) in [5, 5.41) is 0. The van der Waals surface area contributed by atoms with Crippen molar-refractivity contribution in [1.82, 2.24) is 4.90 Å². The molecular weight excluding hydrogens is 263 g/mol. The number of rotatable bonds is 3. The van der Waals surface area contributed by atoms with Gasteiger partial charge in [0.25, 0.3) is 0 Å². The molecule has 1 aliphatic heterocycles. The third-order valence-corrected chi connectivity index (χ3v) is 3.49. The van der Waals surface area contributed by atoms with E-state index in [1.165, 1.54) is 17.0 Å². The molecule has 6 heteroatoms. The number of urea groups is 1. The predicted octanol–water partition coefficient (Wildman–Crippen LogP) is 1.83. The Hall–Kier alpha value is -2.11. The van der Waals surface area contributed by atoms with Crippen molar-refractivity contribution in [2.24, 2.45) is 5.73 Å². The number of benzene rings is 1. The number of amides is 2. The summed E-state index contributed by atoms with van der Waals surface area (Å²) in [4.78, 5) is 24.6. The normalized spacial score (nSPS) is 18.1. The maximum atomic E-state index is 13.1. The maximum Gasteiger partial charge on any atom is 0.338 e. The van der Waals surface area contributed by atoms with E-state index in [0.29, 0.717) is 12.1 Å². The van der Waals surface area contributed by atoms with Gasteiger partial charge in [-0.15, -0.1) is 0 Å². The van der Waals surface area contributed by atoms with Gasteiger partial charge in [0.15, 0.2) is 0 Å². The van der Waals surface area contributed by atoms with Gasteiger partial charge in [0.1, 0.15) is 12.4 Å². The largest absolute Gasteiger partial charge is 0.460 e. The van der Waals surface area contributed by atoms with Crippen LogP contribution in [0.15, 0.2) is 18.2 Å². The molecule has 1 heterocycles. The first-order valence-electron chi connectivity index (χ1n) is 6.48. The van der Waals surface area contributed by atoms with Gasteiger partial charge in [0.05, 0.1) is 11.6 Å². The van der Waals surface area contributed by atoms with Crippen LogP contribution in [0.4, 0.5) is 9.18 Å². The van der Waals surface area contributed by atoms with E-state index in [-0.39, 0.29) is 18.2 Å². The van der Waals surface area contributed by atoms with Gasteiger partial charge in [-0.3, -0.25) is 0 Å². The van der Waals surface area contributed by atoms with Crippen LogP contribution in [0.5, 0.6) is 0 Å². The molecule has 1 atom stereocenters. The number of halogens is 1. The predicted molar refractivity (Wildman–Crippen MR) is 70.7 cm³/mol. The Balaban J connectivity index is 1.98. The molecule has 20 heavy (non-hydrogen) atoms. The zero-order valence-electron chi connectivity index (χ0n) is 11.3. The highest BCUT2D eigenvalue weighted by Crippen LogP contribution is 2.18. The van der Waals surface area contributed by atoms with Gasteiger partial charge >= 0.3 is 12.0 Å². The second-order valence-electron chi connectivity index (χ2n) is 4.89. The second-order valence-corrected chi connectivity index (χ2v) is 4.89. The molecule has 5 nitrogen and oxygen atoms in total. The fraction of sp³-hybridized carbons (Fsp3) is 0.429. The summed E-state index contributed by atoms with van der Waals surface area (Å²) in [7, 11) is 0. The highest BCUT2D eigenvalue weighted by Gasteiger charge is 2.28. The van der Waals surface area contributed by atoms with Gasteiger partial charge in [-0.1, -0.05) is 6.07 Å². The summed E-state index contributed by atoms with van der Waals surface area (Å²) < 4.78 is 18.3. The zero-order chi connectivity index (χ0) is 14.7. The lowest BCUT2D eigenvalue weighted by Crippen LogP contribution is -2.42. The number of esters is 1. The molecule has 2 amide bonds. The van der Waals surface area contributed by atoms with E-state index in [9.17, 15) is 14.0 Å². The minimum atomic E-state index is -0.585. The van der Waals surface area contributed by atoms with Crippen LogP contribution in [-0.2, 0) is 4.74 Å². The van der Waals surface area contributed by atoms with Crippen LogP contribution in [0, 0.1) is 12.7 Å². The molecule has 0 saturated carbocycles. The van der Waals surface area contributed by atoms with Crippen molar-refractivity contribution in [2.75, 3.05) is 13.2 Å². The summed E-state index contributed by atoms with van der Waals surface area (Å²) in [5.74, 6) is -1.07. The van der Waals surface area contributed by atoms with Crippen LogP contribution in [0.3, 0.4) is 0 Å². The number of hydrogen-bond acceptors (Lipinski definition) is 3. The smallest absolute Gasteiger partial charge is 0.338 e. The van der Waals surface area contributed by atoms with Crippen molar-refractivity contribution in [3.05, 3.63) is 35.1 Å². The lowest BCUT2D eigenvalue weighted by Gasteiger charge is -2.22. The van der Waals surface area contributed by atoms with E-state index in [0.717, 1.165) is 18.9 Å². The minimum absolute atomic E-state index is 0.0811. The minimum Gasteiger partial charge on any atom is -0.460 e. The van der Waals surface area contributed by atoms with Crippen LogP contribution in [0.1, 0.15) is 28.8 Å². The number of carbonyl (C=O) groups is 2. The lowest BCUT2D eigenvalue weighted by atomic mass is 10.1. The van der Waals surface area contributed by atoms with Gasteiger partial charge < -0.3 is 15.4 Å². The van der Waals surface area contributed by atoms with E-state index in [2.05, 4.69) is 0 Å². The summed E-state index contributed by atoms with van der Waals surface area (Å²) in [5.41, 5.74) is 6.10. The Morgan fingerprint density at radius 3 is 2.95 bits per heavy atom. The third-order valence-electron chi connectivity index (χ3n) is 3.49. The van der Waals surface area contributed by atoms with Gasteiger partial charge in [0.2, 0.25) is 0 Å². The molecule has 1 aromatic rings. The van der Waals surface area contributed by atoms with Crippen molar-refractivity contribution in [2.45, 2.75) is 25.8 Å². The number of nitrogens with two attached hydrogens (primary N) is 1. The van der Waals surface area contributed by atoms with Crippen molar-refractivity contribution < 1.29 is 18.7 Å². The maximum absolute atomic E-state index is 13.1. The Bertz CT molecular complexity index is 533. The number of nitrogens with zero attached hydrogens (tertiary/aromatic N) is 1. The average molecular weight is 280 g/mol. The molecule has 2 N–H and O–H groups in total. The lowest BCUT2D eigenvalue weighted by molar-refractivity contribution is 0.0421. The Morgan fingerprint density at radius 1 is 1.50 bits per heavy atom. The Labute approximate surface area is 116 Å². The summed E-state index contributed by atoms with van der Waals surface area (Å²) in [6, 6.07) is 3.27. The second kappa shape index (κ2) is 5.90. The first kappa shape index (κ1) is 14.3. The SMILES string of the molecule is Cc1ccc(F)cc1C(=O)OC[C@@H]1CCCN1C(N)=O. The molecule has 0 aromatic heterocycles. The van der Waals surface area contributed by atoms with Gasteiger partial charge in [-0.25, -0.2) is 14.0 Å². The Morgan fingerprint density at radius 2 is 2.25 bits per heavy atom. The van der Waals surface area contributed by atoms with E-state index < -0.39 is 17.8 Å². The average Bonchev–Trinajstić information content (AvgIpc) is 2.87. The van der Waals surface area contributed by atoms with E-state index in [1.54, 1.807) is 6.92 Å². The van der Waals surface area contributed by atoms with Crippen LogP contribution in [0.25, 0.3) is 0 Å². The molecule has 0 bridgehead atoms. The molecule has 2 rings (SSSR count). The standard InChI is InChI=1S/C14H17FN2O3/c1-9-4-5-10(15)7-12(9)13(18)20-8-11-3-2-6-17(11)14(16)19/h4-5,7,11H,2-3,6,8H2,1H3,(H2,16,19)/t11-/m0/s1. The molecule has 0 aliphatic carbocycles. The summed E-state index contributed by atoms with van der Waals surface area (Å²) >= 11 is 0. The van der Waals surface area contributed by atoms with Crippen LogP contribution in [0.2, 0.25) is 0 Å². The molecule has 1 aliphatic rings. The summed E-state index contributed by atoms with van der Waals surface area (Å²) in [6.07, 6.45) is 1.59. The summed E-state index contributed by atoms with van der Waals surface area (Å²) in [6.45, 7) is 2.37. The molecule has 1 aromatic carbocycles. The monoisotopic (exact) mass is 280 g/mol. The van der Waals surface area contributed by atoms with Gasteiger partial charge in [-0.2, -0.15) is 0 Å². The van der Waals surface area contributed by atoms with Crippen molar-refractivity contribution in [3.63, 3.8) is 0 Å². The fourth-order valence-electron chi connectivity index (χ4n) is 2.36. The van der Waals surface area contributed by atoms with Crippen LogP contribution >= 0.6 is 0 Å². The van der Waals surface area contributed by atoms with Crippen molar-refractivity contribution in [3.8, 4) is 0 Å². The molecule has 0 radical (unpaired) electrons. The first-order valence-corrected chi connectivity index (χ1v) is 6.48. The number of carbonyl (C=O) groups excluding carboxylic acids is 2. The number of primary amides is 1. The molecule has 0 unspecified atom stereocenters. The Kier molecular flexibility index (Phi) is 4.22. The molecular formula is C14H17FN2O3. The number of aryl methyl sites for hydroxylation is 1. The van der Waals surface area contributed by atoms with Crippen molar-refractivity contribution >= 4 is 12.0 Å². The van der Waals surface area contributed by atoms with Crippen LogP contribution < -0.4 is 5.73 Å². The number of likely N-dealkylation sites (tertiary alicyclic amines) is 1. The van der Waals surface area contributed by atoms with Gasteiger partial charge in [0, 0.05) is 6.54 Å². The molecule has 1 fully saturated rings. The quantitative estimate of drug-likeness (QED) is 0.858. The van der Waals surface area contributed by atoms with E-state index in [4.69, 9.17) is 10.5 Å². The molecule has 108 valence electrons. The fourth-order valence-corrected chi connectivity index (χ4v) is 2.36. The number of ether oxygens (including phenoxy) is 1. The topological polar surface area (TPSA) is 72.6 Å². The third kappa shape index (κ3) is 3.07. The zero-order valence-corrected chi connectivity index (χ0v) is 11.3. The van der Waals surface area contributed by atoms with E-state index >= 15 is 0 Å². The van der Waals surface area contributed by atoms with Gasteiger partial charge in [-0.05, 0) is 37.5 Å². The molecule has 1 saturated heterocycles.